The van der Waals surface area contributed by atoms with Gasteiger partial charge < -0.3 is 4.74 Å². The van der Waals surface area contributed by atoms with Gasteiger partial charge in [0.2, 0.25) is 0 Å². The van der Waals surface area contributed by atoms with E-state index >= 15 is 0 Å². The Bertz CT molecular complexity index is 368. The summed E-state index contributed by atoms with van der Waals surface area (Å²) in [6.45, 7) is 7.79. The number of thiophene rings is 1. The van der Waals surface area contributed by atoms with Gasteiger partial charge in [0.1, 0.15) is 0 Å². The van der Waals surface area contributed by atoms with E-state index in [1.165, 1.54) is 35.7 Å². The number of hydrogen-bond donors (Lipinski definition) is 0. The summed E-state index contributed by atoms with van der Waals surface area (Å²) in [7, 11) is 0. The number of ether oxygens (including phenoxy) is 1. The maximum Gasteiger partial charge on any atom is 0.0536 e. The number of likely N-dealkylation sites (tertiary alicyclic amines) is 1. The number of nitrogens with zero attached hydrogens (tertiary/aromatic N) is 1. The van der Waals surface area contributed by atoms with Crippen molar-refractivity contribution in [1.29, 1.82) is 0 Å². The van der Waals surface area contributed by atoms with E-state index in [1.54, 1.807) is 0 Å². The highest BCUT2D eigenvalue weighted by molar-refractivity contribution is 7.11. The average Bonchev–Trinajstić information content (AvgIpc) is 2.94. The summed E-state index contributed by atoms with van der Waals surface area (Å²) in [5.41, 5.74) is 0.506. The lowest BCUT2D eigenvalue weighted by Gasteiger charge is -2.21. The van der Waals surface area contributed by atoms with E-state index in [-0.39, 0.29) is 0 Å². The van der Waals surface area contributed by atoms with Crippen molar-refractivity contribution in [2.24, 2.45) is 5.41 Å². The van der Waals surface area contributed by atoms with E-state index in [2.05, 4.69) is 24.0 Å². The monoisotopic (exact) mass is 237 g/mol. The molecule has 1 aromatic rings. The molecule has 88 valence electrons. The summed E-state index contributed by atoms with van der Waals surface area (Å²) >= 11 is 1.93. The van der Waals surface area contributed by atoms with Crippen molar-refractivity contribution in [3.05, 3.63) is 21.9 Å². The third-order valence-electron chi connectivity index (χ3n) is 3.88. The molecule has 0 aliphatic carbocycles. The Balaban J connectivity index is 1.61. The van der Waals surface area contributed by atoms with Crippen LogP contribution in [0.5, 0.6) is 0 Å². The summed E-state index contributed by atoms with van der Waals surface area (Å²) in [4.78, 5) is 5.53. The second-order valence-corrected chi connectivity index (χ2v) is 6.65. The van der Waals surface area contributed by atoms with E-state index in [1.807, 2.05) is 11.3 Å². The van der Waals surface area contributed by atoms with Crippen molar-refractivity contribution in [2.45, 2.75) is 26.3 Å². The molecule has 2 aliphatic rings. The molecule has 3 heterocycles. The first-order valence-corrected chi connectivity index (χ1v) is 6.93. The molecule has 0 amide bonds. The zero-order chi connectivity index (χ0) is 11.0. The normalized spacial score (nSPS) is 30.6. The van der Waals surface area contributed by atoms with Crippen molar-refractivity contribution in [1.82, 2.24) is 4.90 Å². The maximum absolute atomic E-state index is 5.56. The second-order valence-electron chi connectivity index (χ2n) is 5.28. The summed E-state index contributed by atoms with van der Waals surface area (Å²) in [6.07, 6.45) is 2.60. The molecule has 0 saturated carbocycles. The Kier molecular flexibility index (Phi) is 2.78. The fraction of sp³-hybridized carbons (Fsp3) is 0.692. The van der Waals surface area contributed by atoms with Gasteiger partial charge in [0.05, 0.1) is 6.61 Å². The largest absolute Gasteiger partial charge is 0.381 e. The van der Waals surface area contributed by atoms with Crippen LogP contribution in [0.4, 0.5) is 0 Å². The predicted octanol–water partition coefficient (Wildman–Crippen LogP) is 2.67. The van der Waals surface area contributed by atoms with Crippen LogP contribution >= 0.6 is 11.3 Å². The minimum absolute atomic E-state index is 0.506. The standard InChI is InChI=1S/C13H19NOS/c1-11-2-3-12(16-11)8-14-6-4-13(9-14)5-7-15-10-13/h2-3H,4-10H2,1H3/t13-/m0/s1. The zero-order valence-corrected chi connectivity index (χ0v) is 10.7. The summed E-state index contributed by atoms with van der Waals surface area (Å²) in [5.74, 6) is 0. The molecule has 0 unspecified atom stereocenters. The molecule has 1 atom stereocenters. The van der Waals surface area contributed by atoms with E-state index in [9.17, 15) is 0 Å². The van der Waals surface area contributed by atoms with Gasteiger partial charge in [-0.2, -0.15) is 0 Å². The van der Waals surface area contributed by atoms with Crippen LogP contribution in [-0.4, -0.2) is 31.2 Å². The highest BCUT2D eigenvalue weighted by Crippen LogP contribution is 2.38. The first-order chi connectivity index (χ1) is 7.76. The number of hydrogen-bond acceptors (Lipinski definition) is 3. The van der Waals surface area contributed by atoms with Gasteiger partial charge in [-0.25, -0.2) is 0 Å². The van der Waals surface area contributed by atoms with Crippen LogP contribution in [0, 0.1) is 12.3 Å². The first-order valence-electron chi connectivity index (χ1n) is 6.11. The lowest BCUT2D eigenvalue weighted by atomic mass is 9.87. The molecule has 3 rings (SSSR count). The molecule has 2 aliphatic heterocycles. The SMILES string of the molecule is Cc1ccc(CN2CC[C@]3(CCOC3)C2)s1. The molecule has 2 fully saturated rings. The number of aryl methyl sites for hydroxylation is 1. The molecule has 0 N–H and O–H groups in total. The minimum Gasteiger partial charge on any atom is -0.381 e. The van der Waals surface area contributed by atoms with Gasteiger partial charge in [-0.05, 0) is 38.4 Å². The second kappa shape index (κ2) is 4.13. The average molecular weight is 237 g/mol. The van der Waals surface area contributed by atoms with E-state index in [0.29, 0.717) is 5.41 Å². The van der Waals surface area contributed by atoms with Crippen LogP contribution in [0.1, 0.15) is 22.6 Å². The molecule has 2 saturated heterocycles. The van der Waals surface area contributed by atoms with Gasteiger partial charge in [0, 0.05) is 34.9 Å². The zero-order valence-electron chi connectivity index (χ0n) is 9.87. The van der Waals surface area contributed by atoms with Gasteiger partial charge in [0.25, 0.3) is 0 Å². The molecule has 1 aromatic heterocycles. The van der Waals surface area contributed by atoms with Crippen LogP contribution in [0.25, 0.3) is 0 Å². The van der Waals surface area contributed by atoms with Crippen molar-refractivity contribution >= 4 is 11.3 Å². The van der Waals surface area contributed by atoms with Crippen LogP contribution in [-0.2, 0) is 11.3 Å². The molecule has 1 spiro atoms. The Labute approximate surface area is 101 Å². The van der Waals surface area contributed by atoms with Crippen molar-refractivity contribution in [3.63, 3.8) is 0 Å². The Hall–Kier alpha value is -0.380. The summed E-state index contributed by atoms with van der Waals surface area (Å²) < 4.78 is 5.56. The molecule has 16 heavy (non-hydrogen) atoms. The van der Waals surface area contributed by atoms with Gasteiger partial charge in [-0.1, -0.05) is 0 Å². The molecule has 3 heteroatoms. The third-order valence-corrected chi connectivity index (χ3v) is 4.86. The summed E-state index contributed by atoms with van der Waals surface area (Å²) in [5, 5.41) is 0. The fourth-order valence-electron chi connectivity index (χ4n) is 2.92. The highest BCUT2D eigenvalue weighted by Gasteiger charge is 2.41. The number of rotatable bonds is 2. The van der Waals surface area contributed by atoms with Crippen LogP contribution in [0.15, 0.2) is 12.1 Å². The smallest absolute Gasteiger partial charge is 0.0536 e. The molecular formula is C13H19NOS. The Morgan fingerprint density at radius 1 is 1.44 bits per heavy atom. The van der Waals surface area contributed by atoms with Crippen LogP contribution in [0.2, 0.25) is 0 Å². The van der Waals surface area contributed by atoms with Crippen molar-refractivity contribution in [3.8, 4) is 0 Å². The van der Waals surface area contributed by atoms with Gasteiger partial charge in [-0.3, -0.25) is 4.90 Å². The predicted molar refractivity (Wildman–Crippen MR) is 66.8 cm³/mol. The van der Waals surface area contributed by atoms with Gasteiger partial charge in [-0.15, -0.1) is 11.3 Å². The molecule has 2 nitrogen and oxygen atoms in total. The molecule has 0 radical (unpaired) electrons. The molecule has 0 aromatic carbocycles. The van der Waals surface area contributed by atoms with E-state index in [0.717, 1.165) is 19.8 Å². The van der Waals surface area contributed by atoms with Gasteiger partial charge in [0.15, 0.2) is 0 Å². The van der Waals surface area contributed by atoms with E-state index in [4.69, 9.17) is 4.74 Å². The fourth-order valence-corrected chi connectivity index (χ4v) is 3.86. The molecular weight excluding hydrogens is 218 g/mol. The van der Waals surface area contributed by atoms with Crippen molar-refractivity contribution in [2.75, 3.05) is 26.3 Å². The summed E-state index contributed by atoms with van der Waals surface area (Å²) in [6, 6.07) is 4.50. The molecule has 0 bridgehead atoms. The van der Waals surface area contributed by atoms with Gasteiger partial charge >= 0.3 is 0 Å². The van der Waals surface area contributed by atoms with Crippen LogP contribution < -0.4 is 0 Å². The van der Waals surface area contributed by atoms with E-state index < -0.39 is 0 Å². The quantitative estimate of drug-likeness (QED) is 0.784. The lowest BCUT2D eigenvalue weighted by molar-refractivity contribution is 0.151. The van der Waals surface area contributed by atoms with Crippen LogP contribution in [0.3, 0.4) is 0 Å². The third kappa shape index (κ3) is 2.04. The van der Waals surface area contributed by atoms with Crippen molar-refractivity contribution < 1.29 is 4.74 Å². The topological polar surface area (TPSA) is 12.5 Å². The Morgan fingerprint density at radius 2 is 2.38 bits per heavy atom. The highest BCUT2D eigenvalue weighted by atomic mass is 32.1. The minimum atomic E-state index is 0.506. The first kappa shape index (κ1) is 10.8. The Morgan fingerprint density at radius 3 is 3.06 bits per heavy atom. The maximum atomic E-state index is 5.56. The lowest BCUT2D eigenvalue weighted by Crippen LogP contribution is -2.27.